The summed E-state index contributed by atoms with van der Waals surface area (Å²) in [6.07, 6.45) is 7.28. The van der Waals surface area contributed by atoms with E-state index in [9.17, 15) is 4.79 Å². The maximum atomic E-state index is 14.9. The van der Waals surface area contributed by atoms with Crippen molar-refractivity contribution in [3.8, 4) is 50.2 Å². The zero-order chi connectivity index (χ0) is 36.7. The number of pyridine rings is 2. The van der Waals surface area contributed by atoms with Gasteiger partial charge in [-0.15, -0.1) is 0 Å². The number of carbonyl (C=O) groups excluding carboxylic acids is 1. The van der Waals surface area contributed by atoms with E-state index in [-0.39, 0.29) is 19.2 Å². The number of rotatable bonds is 6. The maximum Gasteiger partial charge on any atom is 0.260 e. The summed E-state index contributed by atoms with van der Waals surface area (Å²) >= 11 is 0. The third-order valence-corrected chi connectivity index (χ3v) is 10.6. The van der Waals surface area contributed by atoms with Crippen molar-refractivity contribution < 1.29 is 9.53 Å². The van der Waals surface area contributed by atoms with E-state index in [4.69, 9.17) is 4.74 Å². The fourth-order valence-corrected chi connectivity index (χ4v) is 7.91. The summed E-state index contributed by atoms with van der Waals surface area (Å²) in [6.45, 7) is 0.384. The first-order valence-corrected chi connectivity index (χ1v) is 18.4. The van der Waals surface area contributed by atoms with Crippen molar-refractivity contribution in [2.75, 3.05) is 11.6 Å². The quantitative estimate of drug-likeness (QED) is 0.172. The Morgan fingerprint density at radius 3 is 1.62 bits per heavy atom. The lowest BCUT2D eigenvalue weighted by Gasteiger charge is -2.24. The van der Waals surface area contributed by atoms with Gasteiger partial charge in [-0.1, -0.05) is 97.1 Å². The van der Waals surface area contributed by atoms with Crippen molar-refractivity contribution in [2.24, 2.45) is 0 Å². The lowest BCUT2D eigenvalue weighted by Crippen LogP contribution is -2.32. The van der Waals surface area contributed by atoms with Crippen molar-refractivity contribution in [1.29, 1.82) is 0 Å². The predicted molar refractivity (Wildman–Crippen MR) is 221 cm³/mol. The van der Waals surface area contributed by atoms with E-state index in [0.717, 1.165) is 83.3 Å². The van der Waals surface area contributed by atoms with E-state index in [0.29, 0.717) is 5.56 Å². The standard InChI is InChI=1S/C49H34N4O2/c54-49-42-12-7-13-46(44(42)31-55-32-52(49)45-19-16-37(33-8-3-1-4-9-33)28-43(45)36-10-5-2-6-11-36)53-47-29-38(34-20-24-50-25-21-34)14-17-40(47)41-18-15-39(30-48(41)53)35-22-26-51-27-23-35/h1-30H,31-32H2. The Morgan fingerprint density at radius 2 is 1.00 bits per heavy atom. The molecule has 10 rings (SSSR count). The highest BCUT2D eigenvalue weighted by molar-refractivity contribution is 6.13. The highest BCUT2D eigenvalue weighted by Gasteiger charge is 2.29. The van der Waals surface area contributed by atoms with Crippen LogP contribution in [0.1, 0.15) is 15.9 Å². The van der Waals surface area contributed by atoms with Crippen LogP contribution in [0.15, 0.2) is 183 Å². The average molecular weight is 711 g/mol. The molecular formula is C49H34N4O2. The Bertz CT molecular complexity index is 2760. The minimum atomic E-state index is -0.102. The first-order valence-electron chi connectivity index (χ1n) is 18.4. The molecule has 262 valence electrons. The van der Waals surface area contributed by atoms with Gasteiger partial charge in [-0.05, 0) is 99.6 Å². The Kier molecular flexibility index (Phi) is 8.08. The molecule has 3 aromatic heterocycles. The molecule has 1 aliphatic rings. The van der Waals surface area contributed by atoms with Gasteiger partial charge in [0.15, 0.2) is 0 Å². The minimum absolute atomic E-state index is 0.102. The van der Waals surface area contributed by atoms with Gasteiger partial charge in [-0.25, -0.2) is 0 Å². The van der Waals surface area contributed by atoms with Gasteiger partial charge in [0.25, 0.3) is 5.91 Å². The number of nitrogens with zero attached hydrogens (tertiary/aromatic N) is 4. The molecule has 0 bridgehead atoms. The molecule has 0 N–H and O–H groups in total. The van der Waals surface area contributed by atoms with Crippen molar-refractivity contribution in [3.05, 3.63) is 194 Å². The number of carbonyl (C=O) groups is 1. The number of benzene rings is 6. The Hall–Kier alpha value is -7.15. The smallest absolute Gasteiger partial charge is 0.260 e. The molecule has 0 aliphatic carbocycles. The lowest BCUT2D eigenvalue weighted by atomic mass is 9.96. The Balaban J connectivity index is 1.15. The van der Waals surface area contributed by atoms with Crippen LogP contribution < -0.4 is 4.90 Å². The zero-order valence-corrected chi connectivity index (χ0v) is 29.8. The number of fused-ring (bicyclic) bond motifs is 4. The van der Waals surface area contributed by atoms with Crippen LogP contribution >= 0.6 is 0 Å². The van der Waals surface area contributed by atoms with Gasteiger partial charge in [-0.2, -0.15) is 0 Å². The van der Waals surface area contributed by atoms with Crippen LogP contribution in [0, 0.1) is 0 Å². The van der Waals surface area contributed by atoms with Gasteiger partial charge in [0.2, 0.25) is 0 Å². The van der Waals surface area contributed by atoms with Crippen LogP contribution in [-0.4, -0.2) is 27.2 Å². The van der Waals surface area contributed by atoms with Crippen molar-refractivity contribution in [1.82, 2.24) is 14.5 Å². The van der Waals surface area contributed by atoms with Gasteiger partial charge in [0.1, 0.15) is 6.73 Å². The number of ether oxygens (including phenoxy) is 1. The molecule has 0 fully saturated rings. The number of amides is 1. The molecule has 6 heteroatoms. The van der Waals surface area contributed by atoms with Gasteiger partial charge in [0.05, 0.1) is 29.0 Å². The average Bonchev–Trinajstić information content (AvgIpc) is 3.48. The maximum absolute atomic E-state index is 14.9. The normalized spacial score (nSPS) is 12.9. The number of anilines is 1. The second-order valence-electron chi connectivity index (χ2n) is 13.7. The molecule has 1 aliphatic heterocycles. The van der Waals surface area contributed by atoms with Gasteiger partial charge in [0, 0.05) is 52.3 Å². The lowest BCUT2D eigenvalue weighted by molar-refractivity contribution is 0.0905. The SMILES string of the molecule is O=C1c2cccc(-n3c4cc(-c5ccncc5)ccc4c4ccc(-c5ccncc5)cc43)c2COCN1c1ccc(-c2ccccc2)cc1-c1ccccc1. The molecule has 0 spiro atoms. The molecule has 0 unspecified atom stereocenters. The molecule has 55 heavy (non-hydrogen) atoms. The summed E-state index contributed by atoms with van der Waals surface area (Å²) < 4.78 is 8.79. The van der Waals surface area contributed by atoms with Crippen molar-refractivity contribution >= 4 is 33.4 Å². The van der Waals surface area contributed by atoms with Crippen LogP contribution in [0.4, 0.5) is 5.69 Å². The van der Waals surface area contributed by atoms with Gasteiger partial charge >= 0.3 is 0 Å². The summed E-state index contributed by atoms with van der Waals surface area (Å²) in [7, 11) is 0. The minimum Gasteiger partial charge on any atom is -0.356 e. The highest BCUT2D eigenvalue weighted by atomic mass is 16.5. The summed E-state index contributed by atoms with van der Waals surface area (Å²) in [5.41, 5.74) is 13.8. The van der Waals surface area contributed by atoms with Crippen LogP contribution in [0.2, 0.25) is 0 Å². The predicted octanol–water partition coefficient (Wildman–Crippen LogP) is 11.4. The molecule has 1 amide bonds. The molecule has 0 saturated carbocycles. The van der Waals surface area contributed by atoms with Crippen LogP contribution in [0.3, 0.4) is 0 Å². The summed E-state index contributed by atoms with van der Waals surface area (Å²) in [4.78, 5) is 25.2. The third kappa shape index (κ3) is 5.77. The van der Waals surface area contributed by atoms with E-state index < -0.39 is 0 Å². The fraction of sp³-hybridized carbons (Fsp3) is 0.0408. The highest BCUT2D eigenvalue weighted by Crippen LogP contribution is 2.41. The van der Waals surface area contributed by atoms with Crippen LogP contribution in [0.25, 0.3) is 72.0 Å². The second kappa shape index (κ2) is 13.7. The first-order chi connectivity index (χ1) is 27.2. The Morgan fingerprint density at radius 1 is 0.455 bits per heavy atom. The Labute approximate surface area is 318 Å². The molecule has 9 aromatic rings. The van der Waals surface area contributed by atoms with Crippen LogP contribution in [0.5, 0.6) is 0 Å². The van der Waals surface area contributed by atoms with E-state index in [1.165, 1.54) is 0 Å². The van der Waals surface area contributed by atoms with Gasteiger partial charge in [-0.3, -0.25) is 19.7 Å². The molecule has 0 atom stereocenters. The topological polar surface area (TPSA) is 60.3 Å². The third-order valence-electron chi connectivity index (χ3n) is 10.6. The second-order valence-corrected chi connectivity index (χ2v) is 13.7. The van der Waals surface area contributed by atoms with Crippen molar-refractivity contribution in [2.45, 2.75) is 6.61 Å². The number of aromatic nitrogens is 3. The molecular weight excluding hydrogens is 677 g/mol. The molecule has 6 aromatic carbocycles. The van der Waals surface area contributed by atoms with Gasteiger partial charge < -0.3 is 9.30 Å². The van der Waals surface area contributed by atoms with E-state index in [2.05, 4.69) is 99.5 Å². The largest absolute Gasteiger partial charge is 0.356 e. The molecule has 4 heterocycles. The summed E-state index contributed by atoms with van der Waals surface area (Å²) in [6, 6.07) is 54.2. The van der Waals surface area contributed by atoms with Crippen LogP contribution in [-0.2, 0) is 11.3 Å². The number of hydrogen-bond donors (Lipinski definition) is 0. The molecule has 6 nitrogen and oxygen atoms in total. The monoisotopic (exact) mass is 710 g/mol. The van der Waals surface area contributed by atoms with E-state index in [1.54, 1.807) is 4.90 Å². The summed E-state index contributed by atoms with van der Waals surface area (Å²) in [5, 5.41) is 2.25. The first kappa shape index (κ1) is 32.5. The summed E-state index contributed by atoms with van der Waals surface area (Å²) in [5.74, 6) is -0.102. The van der Waals surface area contributed by atoms with Crippen molar-refractivity contribution in [3.63, 3.8) is 0 Å². The van der Waals surface area contributed by atoms with E-state index in [1.807, 2.05) is 97.6 Å². The van der Waals surface area contributed by atoms with E-state index >= 15 is 0 Å². The number of hydrogen-bond acceptors (Lipinski definition) is 4. The zero-order valence-electron chi connectivity index (χ0n) is 29.8. The molecule has 0 saturated heterocycles. The molecule has 0 radical (unpaired) electrons. The fourth-order valence-electron chi connectivity index (χ4n) is 7.91.